The van der Waals surface area contributed by atoms with E-state index in [0.29, 0.717) is 12.1 Å². The Morgan fingerprint density at radius 2 is 1.64 bits per heavy atom. The van der Waals surface area contributed by atoms with Crippen molar-refractivity contribution >= 4 is 11.9 Å². The molecule has 1 aromatic heterocycles. The van der Waals surface area contributed by atoms with Crippen LogP contribution in [0.2, 0.25) is 0 Å². The topological polar surface area (TPSA) is 83.1 Å². The second-order valence-electron chi connectivity index (χ2n) is 6.35. The van der Waals surface area contributed by atoms with Gasteiger partial charge in [-0.15, -0.1) is 0 Å². The maximum atomic E-state index is 12.1. The van der Waals surface area contributed by atoms with Crippen molar-refractivity contribution in [2.75, 3.05) is 6.54 Å². The number of nitrogens with zero attached hydrogens (tertiary/aromatic N) is 1. The van der Waals surface area contributed by atoms with Gasteiger partial charge in [0, 0.05) is 29.9 Å². The molecular weight excluding hydrogens is 316 g/mol. The summed E-state index contributed by atoms with van der Waals surface area (Å²) in [6, 6.07) is 13.1. The lowest BCUT2D eigenvalue weighted by Crippen LogP contribution is -2.50. The fourth-order valence-electron chi connectivity index (χ4n) is 3.39. The number of hydrazine groups is 1. The molecule has 1 fully saturated rings. The number of rotatable bonds is 4. The normalized spacial score (nSPS) is 15.4. The Balaban J connectivity index is 1.53. The molecule has 1 saturated carbocycles. The summed E-state index contributed by atoms with van der Waals surface area (Å²) in [7, 11) is 0. The second-order valence-corrected chi connectivity index (χ2v) is 6.35. The molecule has 1 aliphatic carbocycles. The lowest BCUT2D eigenvalue weighted by molar-refractivity contribution is 0.0936. The molecule has 0 saturated heterocycles. The van der Waals surface area contributed by atoms with Crippen LogP contribution in [-0.2, 0) is 5.41 Å². The maximum Gasteiger partial charge on any atom is 0.333 e. The smallest absolute Gasteiger partial charge is 0.333 e. The van der Waals surface area contributed by atoms with Crippen LogP contribution >= 0.6 is 0 Å². The van der Waals surface area contributed by atoms with Crippen molar-refractivity contribution in [3.8, 4) is 0 Å². The van der Waals surface area contributed by atoms with Crippen molar-refractivity contribution < 1.29 is 9.59 Å². The number of hydrogen-bond acceptors (Lipinski definition) is 3. The fraction of sp³-hybridized carbons (Fsp3) is 0.316. The van der Waals surface area contributed by atoms with Crippen LogP contribution < -0.4 is 16.2 Å². The minimum Gasteiger partial charge on any atom is -0.336 e. The predicted molar refractivity (Wildman–Crippen MR) is 94.8 cm³/mol. The van der Waals surface area contributed by atoms with Crippen molar-refractivity contribution in [3.63, 3.8) is 0 Å². The molecule has 0 spiro atoms. The summed E-state index contributed by atoms with van der Waals surface area (Å²) in [5.41, 5.74) is 6.48. The highest BCUT2D eigenvalue weighted by Gasteiger charge is 2.35. The molecule has 6 nitrogen and oxygen atoms in total. The number of nitrogens with one attached hydrogen (secondary N) is 3. The van der Waals surface area contributed by atoms with Crippen molar-refractivity contribution in [2.24, 2.45) is 0 Å². The molecule has 3 N–H and O–H groups in total. The average molecular weight is 338 g/mol. The Hall–Kier alpha value is -2.89. The Morgan fingerprint density at radius 3 is 2.32 bits per heavy atom. The molecule has 3 amide bonds. The SMILES string of the molecule is O=C(NCC1(c2ccccc2)CCCC1)NNC(=O)c1ccncc1. The molecule has 1 heterocycles. The Morgan fingerprint density at radius 1 is 0.960 bits per heavy atom. The molecule has 2 aromatic rings. The van der Waals surface area contributed by atoms with E-state index in [4.69, 9.17) is 0 Å². The third-order valence-electron chi connectivity index (χ3n) is 4.77. The zero-order valence-corrected chi connectivity index (χ0v) is 14.0. The lowest BCUT2D eigenvalue weighted by Gasteiger charge is -2.30. The number of hydrogen-bond donors (Lipinski definition) is 3. The minimum absolute atomic E-state index is 0.0201. The van der Waals surface area contributed by atoms with Gasteiger partial charge in [0.2, 0.25) is 0 Å². The molecule has 130 valence electrons. The third-order valence-corrected chi connectivity index (χ3v) is 4.77. The molecule has 0 aliphatic heterocycles. The summed E-state index contributed by atoms with van der Waals surface area (Å²) in [5, 5.41) is 2.89. The largest absolute Gasteiger partial charge is 0.336 e. The van der Waals surface area contributed by atoms with E-state index in [1.807, 2.05) is 18.2 Å². The third kappa shape index (κ3) is 4.15. The number of benzene rings is 1. The summed E-state index contributed by atoms with van der Waals surface area (Å²) < 4.78 is 0. The predicted octanol–water partition coefficient (Wildman–Crippen LogP) is 2.54. The number of carbonyl (C=O) groups is 2. The first-order valence-electron chi connectivity index (χ1n) is 8.49. The van der Waals surface area contributed by atoms with Crippen molar-refractivity contribution in [1.29, 1.82) is 0 Å². The van der Waals surface area contributed by atoms with Crippen LogP contribution in [0.1, 0.15) is 41.6 Å². The highest BCUT2D eigenvalue weighted by Crippen LogP contribution is 2.40. The number of carbonyl (C=O) groups excluding carboxylic acids is 2. The first-order valence-corrected chi connectivity index (χ1v) is 8.49. The van der Waals surface area contributed by atoms with Gasteiger partial charge in [-0.1, -0.05) is 43.2 Å². The average Bonchev–Trinajstić information content (AvgIpc) is 3.16. The molecular formula is C19H22N4O2. The van der Waals surface area contributed by atoms with E-state index >= 15 is 0 Å². The van der Waals surface area contributed by atoms with Crippen LogP contribution in [0.4, 0.5) is 4.79 Å². The Bertz CT molecular complexity index is 713. The van der Waals surface area contributed by atoms with Gasteiger partial charge in [0.25, 0.3) is 5.91 Å². The van der Waals surface area contributed by atoms with E-state index in [1.54, 1.807) is 12.1 Å². The van der Waals surface area contributed by atoms with Gasteiger partial charge in [-0.2, -0.15) is 0 Å². The number of pyridine rings is 1. The molecule has 0 atom stereocenters. The van der Waals surface area contributed by atoms with Gasteiger partial charge < -0.3 is 5.32 Å². The minimum atomic E-state index is -0.412. The Kier molecular flexibility index (Phi) is 5.28. The fourth-order valence-corrected chi connectivity index (χ4v) is 3.39. The van der Waals surface area contributed by atoms with E-state index in [-0.39, 0.29) is 11.3 Å². The molecule has 25 heavy (non-hydrogen) atoms. The Labute approximate surface area is 147 Å². The summed E-state index contributed by atoms with van der Waals surface area (Å²) in [4.78, 5) is 27.8. The van der Waals surface area contributed by atoms with Gasteiger partial charge in [-0.25, -0.2) is 10.2 Å². The van der Waals surface area contributed by atoms with E-state index in [9.17, 15) is 9.59 Å². The lowest BCUT2D eigenvalue weighted by atomic mass is 9.79. The first kappa shape index (κ1) is 17.0. The van der Waals surface area contributed by atoms with Crippen molar-refractivity contribution in [1.82, 2.24) is 21.2 Å². The molecule has 0 radical (unpaired) electrons. The van der Waals surface area contributed by atoms with Crippen LogP contribution in [-0.4, -0.2) is 23.5 Å². The monoisotopic (exact) mass is 338 g/mol. The summed E-state index contributed by atoms with van der Waals surface area (Å²) in [6.07, 6.45) is 7.49. The highest BCUT2D eigenvalue weighted by molar-refractivity contribution is 5.95. The van der Waals surface area contributed by atoms with Crippen LogP contribution in [0.25, 0.3) is 0 Å². The second kappa shape index (κ2) is 7.79. The van der Waals surface area contributed by atoms with Crippen molar-refractivity contribution in [3.05, 3.63) is 66.0 Å². The van der Waals surface area contributed by atoms with Crippen LogP contribution in [0.3, 0.4) is 0 Å². The molecule has 0 unspecified atom stereocenters. The molecule has 3 rings (SSSR count). The molecule has 0 bridgehead atoms. The molecule has 1 aromatic carbocycles. The molecule has 1 aliphatic rings. The maximum absolute atomic E-state index is 12.1. The summed E-state index contributed by atoms with van der Waals surface area (Å²) >= 11 is 0. The standard InChI is InChI=1S/C19H22N4O2/c24-17(15-8-12-20-13-9-15)22-23-18(25)21-14-19(10-4-5-11-19)16-6-2-1-3-7-16/h1-3,6-9,12-13H,4-5,10-11,14H2,(H,22,24)(H2,21,23,25). The van der Waals surface area contributed by atoms with E-state index in [1.165, 1.54) is 18.0 Å². The zero-order valence-electron chi connectivity index (χ0n) is 14.0. The summed E-state index contributed by atoms with van der Waals surface area (Å²) in [5.74, 6) is -0.379. The van der Waals surface area contributed by atoms with Crippen LogP contribution in [0.15, 0.2) is 54.9 Å². The number of amides is 3. The molecule has 6 heteroatoms. The van der Waals surface area contributed by atoms with E-state index in [2.05, 4.69) is 33.3 Å². The van der Waals surface area contributed by atoms with Crippen LogP contribution in [0.5, 0.6) is 0 Å². The summed E-state index contributed by atoms with van der Waals surface area (Å²) in [6.45, 7) is 0.550. The first-order chi connectivity index (χ1) is 12.2. The zero-order chi connectivity index (χ0) is 17.5. The van der Waals surface area contributed by atoms with Gasteiger partial charge in [-0.3, -0.25) is 15.2 Å². The van der Waals surface area contributed by atoms with Gasteiger partial charge >= 0.3 is 6.03 Å². The number of aromatic nitrogens is 1. The van der Waals surface area contributed by atoms with Gasteiger partial charge in [0.1, 0.15) is 0 Å². The van der Waals surface area contributed by atoms with Gasteiger partial charge in [-0.05, 0) is 30.5 Å². The van der Waals surface area contributed by atoms with Gasteiger partial charge in [0.05, 0.1) is 0 Å². The van der Waals surface area contributed by atoms with Gasteiger partial charge in [0.15, 0.2) is 0 Å². The van der Waals surface area contributed by atoms with Crippen LogP contribution in [0, 0.1) is 0 Å². The highest BCUT2D eigenvalue weighted by atomic mass is 16.2. The van der Waals surface area contributed by atoms with E-state index in [0.717, 1.165) is 25.7 Å². The van der Waals surface area contributed by atoms with Crippen molar-refractivity contribution in [2.45, 2.75) is 31.1 Å². The quantitative estimate of drug-likeness (QED) is 0.749. The number of urea groups is 1. The van der Waals surface area contributed by atoms with E-state index < -0.39 is 6.03 Å².